The van der Waals surface area contributed by atoms with Crippen molar-refractivity contribution in [1.29, 1.82) is 0 Å². The molecule has 100 valence electrons. The van der Waals surface area contributed by atoms with Crippen LogP contribution in [0.5, 0.6) is 0 Å². The van der Waals surface area contributed by atoms with Crippen molar-refractivity contribution in [3.63, 3.8) is 0 Å². The Morgan fingerprint density at radius 2 is 2.00 bits per heavy atom. The first-order valence-electron chi connectivity index (χ1n) is 6.20. The highest BCUT2D eigenvalue weighted by molar-refractivity contribution is 5.88. The summed E-state index contributed by atoms with van der Waals surface area (Å²) in [5.41, 5.74) is 2.36. The van der Waals surface area contributed by atoms with Gasteiger partial charge in [0.15, 0.2) is 0 Å². The van der Waals surface area contributed by atoms with E-state index in [1.165, 1.54) is 6.07 Å². The fraction of sp³-hybridized carbons (Fsp3) is 0.267. The molecule has 0 spiro atoms. The molecule has 1 aromatic carbocycles. The lowest BCUT2D eigenvalue weighted by atomic mass is 10.2. The second-order valence-electron chi connectivity index (χ2n) is 4.50. The van der Waals surface area contributed by atoms with Crippen LogP contribution in [0.2, 0.25) is 0 Å². The maximum Gasteiger partial charge on any atom is 0.352 e. The quantitative estimate of drug-likeness (QED) is 0.918. The van der Waals surface area contributed by atoms with Crippen molar-refractivity contribution >= 4 is 5.97 Å². The van der Waals surface area contributed by atoms with Gasteiger partial charge in [0.25, 0.3) is 0 Å². The van der Waals surface area contributed by atoms with Crippen LogP contribution in [0, 0.1) is 12.7 Å². The molecule has 0 amide bonds. The summed E-state index contributed by atoms with van der Waals surface area (Å²) in [4.78, 5) is 11.4. The summed E-state index contributed by atoms with van der Waals surface area (Å²) in [6, 6.07) is 8.28. The number of carboxylic acids is 1. The van der Waals surface area contributed by atoms with Crippen LogP contribution in [0.25, 0.3) is 0 Å². The van der Waals surface area contributed by atoms with Crippen LogP contribution in [0.3, 0.4) is 0 Å². The highest BCUT2D eigenvalue weighted by atomic mass is 19.1. The molecule has 0 aliphatic carbocycles. The summed E-state index contributed by atoms with van der Waals surface area (Å²) >= 11 is 0. The number of nitrogens with zero attached hydrogens (tertiary/aromatic N) is 1. The minimum Gasteiger partial charge on any atom is -0.477 e. The largest absolute Gasteiger partial charge is 0.477 e. The van der Waals surface area contributed by atoms with Crippen molar-refractivity contribution in [2.24, 2.45) is 0 Å². The zero-order valence-electron chi connectivity index (χ0n) is 11.0. The Kier molecular flexibility index (Phi) is 3.69. The van der Waals surface area contributed by atoms with E-state index in [-0.39, 0.29) is 18.1 Å². The Hall–Kier alpha value is -2.10. The van der Waals surface area contributed by atoms with Crippen molar-refractivity contribution in [3.8, 4) is 0 Å². The summed E-state index contributed by atoms with van der Waals surface area (Å²) in [7, 11) is 0. The van der Waals surface area contributed by atoms with Gasteiger partial charge in [0, 0.05) is 11.3 Å². The van der Waals surface area contributed by atoms with Gasteiger partial charge in [-0.15, -0.1) is 0 Å². The van der Waals surface area contributed by atoms with Crippen LogP contribution < -0.4 is 0 Å². The van der Waals surface area contributed by atoms with Crippen LogP contribution in [0.15, 0.2) is 30.3 Å². The van der Waals surface area contributed by atoms with Crippen LogP contribution in [0.4, 0.5) is 4.39 Å². The number of hydrogen-bond acceptors (Lipinski definition) is 1. The van der Waals surface area contributed by atoms with Crippen LogP contribution >= 0.6 is 0 Å². The molecule has 0 bridgehead atoms. The second-order valence-corrected chi connectivity index (χ2v) is 4.50. The number of aromatic nitrogens is 1. The summed E-state index contributed by atoms with van der Waals surface area (Å²) in [5.74, 6) is -1.29. The topological polar surface area (TPSA) is 42.2 Å². The summed E-state index contributed by atoms with van der Waals surface area (Å²) in [5, 5.41) is 9.32. The van der Waals surface area contributed by atoms with Gasteiger partial charge < -0.3 is 9.67 Å². The molecule has 0 fully saturated rings. The third-order valence-corrected chi connectivity index (χ3v) is 3.25. The van der Waals surface area contributed by atoms with Gasteiger partial charge in [-0.2, -0.15) is 0 Å². The van der Waals surface area contributed by atoms with Gasteiger partial charge in [-0.25, -0.2) is 9.18 Å². The molecule has 2 aromatic rings. The molecule has 1 heterocycles. The highest BCUT2D eigenvalue weighted by Gasteiger charge is 2.18. The molecule has 0 radical (unpaired) electrons. The number of halogens is 1. The molecular formula is C15H16FNO2. The van der Waals surface area contributed by atoms with Crippen LogP contribution in [-0.4, -0.2) is 15.6 Å². The molecule has 1 aromatic heterocycles. The van der Waals surface area contributed by atoms with Crippen molar-refractivity contribution in [2.75, 3.05) is 0 Å². The Balaban J connectivity index is 2.48. The van der Waals surface area contributed by atoms with Gasteiger partial charge in [-0.1, -0.05) is 25.1 Å². The number of carbonyl (C=O) groups is 1. The molecule has 3 nitrogen and oxygen atoms in total. The van der Waals surface area contributed by atoms with E-state index in [1.807, 2.05) is 19.9 Å². The lowest BCUT2D eigenvalue weighted by Crippen LogP contribution is -2.13. The van der Waals surface area contributed by atoms with E-state index in [0.29, 0.717) is 12.0 Å². The molecule has 0 unspecified atom stereocenters. The van der Waals surface area contributed by atoms with Crippen molar-refractivity contribution in [1.82, 2.24) is 4.57 Å². The predicted octanol–water partition coefficient (Wildman–Crippen LogP) is 3.24. The average molecular weight is 261 g/mol. The van der Waals surface area contributed by atoms with E-state index in [0.717, 1.165) is 11.3 Å². The second kappa shape index (κ2) is 5.26. The van der Waals surface area contributed by atoms with E-state index in [4.69, 9.17) is 0 Å². The molecule has 0 saturated carbocycles. The number of hydrogen-bond donors (Lipinski definition) is 1. The third kappa shape index (κ3) is 2.52. The predicted molar refractivity (Wildman–Crippen MR) is 71.0 cm³/mol. The number of benzene rings is 1. The van der Waals surface area contributed by atoms with E-state index in [1.54, 1.807) is 22.8 Å². The third-order valence-electron chi connectivity index (χ3n) is 3.25. The molecule has 4 heteroatoms. The monoisotopic (exact) mass is 261 g/mol. The molecule has 19 heavy (non-hydrogen) atoms. The Morgan fingerprint density at radius 3 is 2.58 bits per heavy atom. The van der Waals surface area contributed by atoms with Gasteiger partial charge in [0.1, 0.15) is 11.5 Å². The normalized spacial score (nSPS) is 10.7. The Labute approximate surface area is 111 Å². The maximum absolute atomic E-state index is 13.7. The van der Waals surface area contributed by atoms with Crippen LogP contribution in [0.1, 0.15) is 34.2 Å². The summed E-state index contributed by atoms with van der Waals surface area (Å²) < 4.78 is 15.3. The van der Waals surface area contributed by atoms with Crippen molar-refractivity contribution in [3.05, 3.63) is 58.7 Å². The molecular weight excluding hydrogens is 245 g/mol. The van der Waals surface area contributed by atoms with E-state index in [9.17, 15) is 14.3 Å². The van der Waals surface area contributed by atoms with Crippen LogP contribution in [-0.2, 0) is 13.0 Å². The standard InChI is InChI=1S/C15H16FNO2/c1-3-11-8-10(2)17(14(11)15(18)19)9-12-6-4-5-7-13(12)16/h4-8H,3,9H2,1-2H3,(H,18,19). The zero-order valence-corrected chi connectivity index (χ0v) is 11.0. The number of aromatic carboxylic acids is 1. The minimum absolute atomic E-state index is 0.236. The van der Waals surface area contributed by atoms with E-state index < -0.39 is 5.97 Å². The fourth-order valence-corrected chi connectivity index (χ4v) is 2.27. The highest BCUT2D eigenvalue weighted by Crippen LogP contribution is 2.19. The minimum atomic E-state index is -0.971. The van der Waals surface area contributed by atoms with E-state index in [2.05, 4.69) is 0 Å². The van der Waals surface area contributed by atoms with Gasteiger partial charge >= 0.3 is 5.97 Å². The lowest BCUT2D eigenvalue weighted by molar-refractivity contribution is 0.0684. The molecule has 2 rings (SSSR count). The molecule has 0 saturated heterocycles. The molecule has 1 N–H and O–H groups in total. The zero-order chi connectivity index (χ0) is 14.0. The number of rotatable bonds is 4. The van der Waals surface area contributed by atoms with Gasteiger partial charge in [0.2, 0.25) is 0 Å². The number of carboxylic acid groups (broad SMARTS) is 1. The van der Waals surface area contributed by atoms with Crippen molar-refractivity contribution in [2.45, 2.75) is 26.8 Å². The average Bonchev–Trinajstić information content (AvgIpc) is 2.69. The molecule has 0 atom stereocenters. The van der Waals surface area contributed by atoms with Gasteiger partial charge in [-0.3, -0.25) is 0 Å². The van der Waals surface area contributed by atoms with Crippen molar-refractivity contribution < 1.29 is 14.3 Å². The number of aryl methyl sites for hydroxylation is 2. The first kappa shape index (κ1) is 13.3. The Morgan fingerprint density at radius 1 is 1.32 bits per heavy atom. The smallest absolute Gasteiger partial charge is 0.352 e. The lowest BCUT2D eigenvalue weighted by Gasteiger charge is -2.10. The first-order chi connectivity index (χ1) is 9.04. The molecule has 0 aliphatic heterocycles. The fourth-order valence-electron chi connectivity index (χ4n) is 2.27. The first-order valence-corrected chi connectivity index (χ1v) is 6.20. The molecule has 0 aliphatic rings. The summed E-state index contributed by atoms with van der Waals surface area (Å²) in [6.45, 7) is 3.99. The summed E-state index contributed by atoms with van der Waals surface area (Å²) in [6.07, 6.45) is 0.646. The van der Waals surface area contributed by atoms with Gasteiger partial charge in [-0.05, 0) is 31.0 Å². The van der Waals surface area contributed by atoms with E-state index >= 15 is 0 Å². The maximum atomic E-state index is 13.7. The SMILES string of the molecule is CCc1cc(C)n(Cc2ccccc2F)c1C(=O)O. The Bertz CT molecular complexity index is 617. The van der Waals surface area contributed by atoms with Gasteiger partial charge in [0.05, 0.1) is 6.54 Å².